The lowest BCUT2D eigenvalue weighted by atomic mass is 10.1. The fraction of sp³-hybridized carbons (Fsp3) is 0.118. The van der Waals surface area contributed by atoms with Crippen molar-refractivity contribution >= 4 is 11.6 Å². The summed E-state index contributed by atoms with van der Waals surface area (Å²) in [6.07, 6.45) is 1.98. The molecule has 0 saturated carbocycles. The monoisotopic (exact) mass is 263 g/mol. The molecule has 0 radical (unpaired) electrons. The molecular weight excluding hydrogens is 250 g/mol. The molecule has 20 heavy (non-hydrogen) atoms. The number of fused-ring (bicyclic) bond motifs is 2. The first-order chi connectivity index (χ1) is 9.84. The van der Waals surface area contributed by atoms with Gasteiger partial charge >= 0.3 is 0 Å². The zero-order valence-corrected chi connectivity index (χ0v) is 10.9. The van der Waals surface area contributed by atoms with Crippen LogP contribution in [0.15, 0.2) is 54.6 Å². The third-order valence-electron chi connectivity index (χ3n) is 3.79. The lowest BCUT2D eigenvalue weighted by molar-refractivity contribution is 0.0853. The minimum Gasteiger partial charge on any atom is -0.489 e. The molecule has 0 unspecified atom stereocenters. The van der Waals surface area contributed by atoms with Gasteiger partial charge in [0.05, 0.1) is 12.2 Å². The average Bonchev–Trinajstić information content (AvgIpc) is 2.84. The van der Waals surface area contributed by atoms with Crippen molar-refractivity contribution in [1.29, 1.82) is 0 Å². The van der Waals surface area contributed by atoms with Crippen LogP contribution in [0.3, 0.4) is 0 Å². The van der Waals surface area contributed by atoms with E-state index in [4.69, 9.17) is 4.74 Å². The first kappa shape index (κ1) is 11.3. The number of para-hydroxylation sites is 1. The Balaban J connectivity index is 1.78. The molecule has 3 heteroatoms. The van der Waals surface area contributed by atoms with E-state index in [0.717, 1.165) is 28.1 Å². The third kappa shape index (κ3) is 1.56. The lowest BCUT2D eigenvalue weighted by Gasteiger charge is -2.25. The summed E-state index contributed by atoms with van der Waals surface area (Å²) in [7, 11) is 0. The van der Waals surface area contributed by atoms with Crippen LogP contribution in [0.25, 0.3) is 5.70 Å². The second kappa shape index (κ2) is 4.23. The number of benzene rings is 2. The summed E-state index contributed by atoms with van der Waals surface area (Å²) in [5, 5.41) is 0. The molecule has 0 bridgehead atoms. The van der Waals surface area contributed by atoms with Crippen molar-refractivity contribution in [1.82, 2.24) is 4.90 Å². The summed E-state index contributed by atoms with van der Waals surface area (Å²) in [6, 6.07) is 15.6. The van der Waals surface area contributed by atoms with Crippen LogP contribution in [0.1, 0.15) is 21.5 Å². The molecule has 2 aromatic carbocycles. The highest BCUT2D eigenvalue weighted by molar-refractivity contribution is 6.03. The van der Waals surface area contributed by atoms with Gasteiger partial charge in [0.15, 0.2) is 0 Å². The van der Waals surface area contributed by atoms with Crippen LogP contribution in [0, 0.1) is 0 Å². The van der Waals surface area contributed by atoms with Crippen LogP contribution >= 0.6 is 0 Å². The highest BCUT2D eigenvalue weighted by atomic mass is 16.5. The van der Waals surface area contributed by atoms with E-state index < -0.39 is 0 Å². The smallest absolute Gasteiger partial charge is 0.258 e. The van der Waals surface area contributed by atoms with Crippen molar-refractivity contribution in [2.75, 3.05) is 6.61 Å². The number of ether oxygens (including phenoxy) is 1. The summed E-state index contributed by atoms with van der Waals surface area (Å²) >= 11 is 0. The van der Waals surface area contributed by atoms with Gasteiger partial charge in [0.2, 0.25) is 0 Å². The van der Waals surface area contributed by atoms with Crippen molar-refractivity contribution in [3.8, 4) is 5.75 Å². The van der Waals surface area contributed by atoms with Gasteiger partial charge in [-0.15, -0.1) is 0 Å². The minimum atomic E-state index is 0.0727. The molecule has 0 aliphatic carbocycles. The van der Waals surface area contributed by atoms with E-state index in [1.807, 2.05) is 59.5 Å². The fourth-order valence-electron chi connectivity index (χ4n) is 2.83. The molecule has 0 saturated heterocycles. The van der Waals surface area contributed by atoms with Crippen LogP contribution in [-0.4, -0.2) is 17.4 Å². The molecule has 2 aromatic rings. The Hall–Kier alpha value is -2.55. The van der Waals surface area contributed by atoms with Crippen LogP contribution in [0.5, 0.6) is 5.75 Å². The van der Waals surface area contributed by atoms with E-state index in [0.29, 0.717) is 13.2 Å². The molecule has 4 rings (SSSR count). The molecule has 1 amide bonds. The Morgan fingerprint density at radius 3 is 2.55 bits per heavy atom. The van der Waals surface area contributed by atoms with Gasteiger partial charge in [0.25, 0.3) is 5.91 Å². The summed E-state index contributed by atoms with van der Waals surface area (Å²) in [5.41, 5.74) is 3.83. The largest absolute Gasteiger partial charge is 0.489 e. The Morgan fingerprint density at radius 2 is 1.70 bits per heavy atom. The molecule has 0 spiro atoms. The standard InChI is InChI=1S/C17H13NO2/c19-17-13-6-2-1-5-12(13)11-18(17)15-9-10-20-16-8-4-3-7-14(15)16/h1-9H,10-11H2. The minimum absolute atomic E-state index is 0.0727. The fourth-order valence-corrected chi connectivity index (χ4v) is 2.83. The lowest BCUT2D eigenvalue weighted by Crippen LogP contribution is -2.24. The summed E-state index contributed by atoms with van der Waals surface area (Å²) in [5.74, 6) is 0.914. The van der Waals surface area contributed by atoms with E-state index in [2.05, 4.69) is 0 Å². The van der Waals surface area contributed by atoms with Gasteiger partial charge in [0, 0.05) is 11.1 Å². The van der Waals surface area contributed by atoms with Crippen LogP contribution in [0.4, 0.5) is 0 Å². The molecule has 0 fully saturated rings. The number of carbonyl (C=O) groups is 1. The molecule has 2 aliphatic heterocycles. The van der Waals surface area contributed by atoms with Gasteiger partial charge < -0.3 is 9.64 Å². The van der Waals surface area contributed by atoms with E-state index in [1.165, 1.54) is 0 Å². The zero-order valence-electron chi connectivity index (χ0n) is 10.9. The summed E-state index contributed by atoms with van der Waals surface area (Å²) < 4.78 is 5.61. The van der Waals surface area contributed by atoms with Crippen molar-refractivity contribution < 1.29 is 9.53 Å². The summed E-state index contributed by atoms with van der Waals surface area (Å²) in [4.78, 5) is 14.4. The Kier molecular flexibility index (Phi) is 2.39. The molecule has 2 aliphatic rings. The first-order valence-corrected chi connectivity index (χ1v) is 6.67. The molecule has 0 aromatic heterocycles. The van der Waals surface area contributed by atoms with Gasteiger partial charge in [-0.2, -0.15) is 0 Å². The number of rotatable bonds is 1. The van der Waals surface area contributed by atoms with Crippen LogP contribution < -0.4 is 4.74 Å². The van der Waals surface area contributed by atoms with E-state index >= 15 is 0 Å². The van der Waals surface area contributed by atoms with Gasteiger partial charge in [-0.3, -0.25) is 4.79 Å². The molecule has 3 nitrogen and oxygen atoms in total. The maximum atomic E-state index is 12.6. The molecule has 98 valence electrons. The maximum Gasteiger partial charge on any atom is 0.258 e. The third-order valence-corrected chi connectivity index (χ3v) is 3.79. The average molecular weight is 263 g/mol. The van der Waals surface area contributed by atoms with E-state index in [-0.39, 0.29) is 5.91 Å². The second-order valence-corrected chi connectivity index (χ2v) is 4.94. The second-order valence-electron chi connectivity index (χ2n) is 4.94. The molecule has 0 N–H and O–H groups in total. The highest BCUT2D eigenvalue weighted by Gasteiger charge is 2.31. The van der Waals surface area contributed by atoms with Crippen molar-refractivity contribution in [3.05, 3.63) is 71.3 Å². The molecule has 0 atom stereocenters. The molecular formula is C17H13NO2. The van der Waals surface area contributed by atoms with Crippen molar-refractivity contribution in [2.24, 2.45) is 0 Å². The topological polar surface area (TPSA) is 29.5 Å². The van der Waals surface area contributed by atoms with E-state index in [1.54, 1.807) is 0 Å². The molecule has 2 heterocycles. The van der Waals surface area contributed by atoms with Crippen molar-refractivity contribution in [2.45, 2.75) is 6.54 Å². The number of amides is 1. The summed E-state index contributed by atoms with van der Waals surface area (Å²) in [6.45, 7) is 1.14. The highest BCUT2D eigenvalue weighted by Crippen LogP contribution is 2.36. The van der Waals surface area contributed by atoms with Crippen LogP contribution in [-0.2, 0) is 6.54 Å². The Bertz CT molecular complexity index is 733. The zero-order chi connectivity index (χ0) is 13.5. The van der Waals surface area contributed by atoms with Gasteiger partial charge in [-0.25, -0.2) is 0 Å². The van der Waals surface area contributed by atoms with Gasteiger partial charge in [0.1, 0.15) is 12.4 Å². The van der Waals surface area contributed by atoms with Gasteiger partial charge in [-0.1, -0.05) is 30.3 Å². The van der Waals surface area contributed by atoms with Crippen molar-refractivity contribution in [3.63, 3.8) is 0 Å². The maximum absolute atomic E-state index is 12.6. The normalized spacial score (nSPS) is 16.3. The first-order valence-electron chi connectivity index (χ1n) is 6.67. The number of nitrogens with zero attached hydrogens (tertiary/aromatic N) is 1. The predicted molar refractivity (Wildman–Crippen MR) is 76.2 cm³/mol. The Labute approximate surface area is 117 Å². The van der Waals surface area contributed by atoms with E-state index in [9.17, 15) is 4.79 Å². The SMILES string of the molecule is O=C1c2ccccc2CN1C1=CCOc2ccccc21. The Morgan fingerprint density at radius 1 is 0.950 bits per heavy atom. The van der Waals surface area contributed by atoms with Crippen LogP contribution in [0.2, 0.25) is 0 Å². The predicted octanol–water partition coefficient (Wildman–Crippen LogP) is 3.08. The number of hydrogen-bond acceptors (Lipinski definition) is 2. The number of carbonyl (C=O) groups excluding carboxylic acids is 1. The number of hydrogen-bond donors (Lipinski definition) is 0. The van der Waals surface area contributed by atoms with Gasteiger partial charge in [-0.05, 0) is 29.8 Å². The quantitative estimate of drug-likeness (QED) is 0.791.